The molecule has 0 saturated heterocycles. The molecule has 0 unspecified atom stereocenters. The lowest BCUT2D eigenvalue weighted by atomic mass is 10.1. The minimum Gasteiger partial charge on any atom is -0.388 e. The van der Waals surface area contributed by atoms with Crippen molar-refractivity contribution in [2.75, 3.05) is 11.9 Å². The Morgan fingerprint density at radius 1 is 1.17 bits per heavy atom. The van der Waals surface area contributed by atoms with Crippen LogP contribution in [0.1, 0.15) is 28.5 Å². The summed E-state index contributed by atoms with van der Waals surface area (Å²) in [7, 11) is 0. The van der Waals surface area contributed by atoms with Gasteiger partial charge in [0.05, 0.1) is 6.10 Å². The van der Waals surface area contributed by atoms with E-state index in [0.717, 1.165) is 16.0 Å². The van der Waals surface area contributed by atoms with Gasteiger partial charge in [-0.05, 0) is 55.0 Å². The fourth-order valence-corrected chi connectivity index (χ4v) is 2.78. The third-order valence-corrected chi connectivity index (χ3v) is 4.52. The molecule has 1 aromatic heterocycles. The van der Waals surface area contributed by atoms with E-state index in [0.29, 0.717) is 12.1 Å². The minimum absolute atomic E-state index is 0.234. The quantitative estimate of drug-likeness (QED) is 0.736. The fourth-order valence-electron chi connectivity index (χ4n) is 2.03. The van der Waals surface area contributed by atoms with Gasteiger partial charge in [-0.25, -0.2) is 0 Å². The van der Waals surface area contributed by atoms with Crippen molar-refractivity contribution in [3.8, 4) is 0 Å². The van der Waals surface area contributed by atoms with Crippen molar-refractivity contribution in [1.29, 1.82) is 0 Å². The van der Waals surface area contributed by atoms with Crippen LogP contribution in [0.5, 0.6) is 0 Å². The first-order valence-electron chi connectivity index (χ1n) is 7.35. The van der Waals surface area contributed by atoms with Crippen LogP contribution in [0.3, 0.4) is 0 Å². The van der Waals surface area contributed by atoms with Crippen molar-refractivity contribution in [2.45, 2.75) is 26.4 Å². The molecule has 0 bridgehead atoms. The summed E-state index contributed by atoms with van der Waals surface area (Å²) >= 11 is 1.46. The second kappa shape index (κ2) is 7.89. The number of benzene rings is 1. The highest BCUT2D eigenvalue weighted by atomic mass is 32.1. The second-order valence-electron chi connectivity index (χ2n) is 5.33. The summed E-state index contributed by atoms with van der Waals surface area (Å²) in [6, 6.07) is 9.16. The maximum Gasteiger partial charge on any atom is 0.313 e. The summed E-state index contributed by atoms with van der Waals surface area (Å²) in [5, 5.41) is 16.9. The van der Waals surface area contributed by atoms with Gasteiger partial charge in [0, 0.05) is 17.1 Å². The molecular weight excluding hydrogens is 312 g/mol. The molecular formula is C17H20N2O3S. The second-order valence-corrected chi connectivity index (χ2v) is 6.31. The van der Waals surface area contributed by atoms with Crippen molar-refractivity contribution in [3.05, 3.63) is 51.7 Å². The molecule has 23 heavy (non-hydrogen) atoms. The number of anilines is 1. The zero-order chi connectivity index (χ0) is 16.8. The Morgan fingerprint density at radius 3 is 2.61 bits per heavy atom. The molecule has 0 aliphatic rings. The molecule has 0 radical (unpaired) electrons. The zero-order valence-corrected chi connectivity index (χ0v) is 13.9. The Kier molecular flexibility index (Phi) is 5.90. The summed E-state index contributed by atoms with van der Waals surface area (Å²) in [5.41, 5.74) is 2.75. The van der Waals surface area contributed by atoms with Gasteiger partial charge in [-0.1, -0.05) is 12.1 Å². The van der Waals surface area contributed by atoms with E-state index in [1.807, 2.05) is 43.5 Å². The number of aryl methyl sites for hydroxylation is 2. The van der Waals surface area contributed by atoms with E-state index >= 15 is 0 Å². The van der Waals surface area contributed by atoms with Crippen LogP contribution in [0.25, 0.3) is 0 Å². The number of aliphatic hydroxyl groups excluding tert-OH is 1. The molecule has 0 aliphatic heterocycles. The molecule has 5 nitrogen and oxygen atoms in total. The van der Waals surface area contributed by atoms with Crippen LogP contribution in [-0.4, -0.2) is 23.5 Å². The van der Waals surface area contributed by atoms with Crippen LogP contribution in [0.15, 0.2) is 35.7 Å². The van der Waals surface area contributed by atoms with Crippen molar-refractivity contribution in [1.82, 2.24) is 5.32 Å². The van der Waals surface area contributed by atoms with E-state index in [4.69, 9.17) is 0 Å². The number of amides is 2. The predicted octanol–water partition coefficient (Wildman–Crippen LogP) is 2.54. The highest BCUT2D eigenvalue weighted by Crippen LogP contribution is 2.20. The van der Waals surface area contributed by atoms with Gasteiger partial charge in [-0.2, -0.15) is 0 Å². The van der Waals surface area contributed by atoms with Crippen LogP contribution in [0.2, 0.25) is 0 Å². The predicted molar refractivity (Wildman–Crippen MR) is 91.5 cm³/mol. The zero-order valence-electron chi connectivity index (χ0n) is 13.1. The van der Waals surface area contributed by atoms with Gasteiger partial charge >= 0.3 is 11.8 Å². The van der Waals surface area contributed by atoms with Crippen molar-refractivity contribution in [3.63, 3.8) is 0 Å². The number of aliphatic hydroxyl groups is 1. The number of rotatable bonds is 5. The molecule has 2 aromatic rings. The molecule has 2 amide bonds. The smallest absolute Gasteiger partial charge is 0.313 e. The van der Waals surface area contributed by atoms with Gasteiger partial charge in [-0.15, -0.1) is 11.3 Å². The van der Waals surface area contributed by atoms with Crippen LogP contribution in [-0.2, 0) is 9.59 Å². The number of thiophene rings is 1. The van der Waals surface area contributed by atoms with E-state index in [1.54, 1.807) is 6.07 Å². The highest BCUT2D eigenvalue weighted by molar-refractivity contribution is 7.10. The maximum absolute atomic E-state index is 11.8. The first-order valence-corrected chi connectivity index (χ1v) is 8.23. The van der Waals surface area contributed by atoms with Gasteiger partial charge in [-0.3, -0.25) is 9.59 Å². The Morgan fingerprint density at radius 2 is 1.96 bits per heavy atom. The van der Waals surface area contributed by atoms with Crippen LogP contribution in [0, 0.1) is 13.8 Å². The van der Waals surface area contributed by atoms with Crippen LogP contribution < -0.4 is 10.6 Å². The first kappa shape index (κ1) is 17.2. The molecule has 122 valence electrons. The lowest BCUT2D eigenvalue weighted by Crippen LogP contribution is -2.36. The molecule has 3 N–H and O–H groups in total. The van der Waals surface area contributed by atoms with Gasteiger partial charge in [0.2, 0.25) is 0 Å². The third-order valence-electron chi connectivity index (χ3n) is 3.55. The molecule has 0 aliphatic carbocycles. The standard InChI is InChI=1S/C17H20N2O3S/c1-11-5-6-13(10-12(11)2)19-17(22)16(21)18-8-7-14(20)15-4-3-9-23-15/h3-6,9-10,14,20H,7-8H2,1-2H3,(H,18,21)(H,19,22)/t14-/m1/s1. The summed E-state index contributed by atoms with van der Waals surface area (Å²) in [6.45, 7) is 4.15. The maximum atomic E-state index is 11.8. The Bertz CT molecular complexity index is 683. The summed E-state index contributed by atoms with van der Waals surface area (Å²) < 4.78 is 0. The van der Waals surface area contributed by atoms with Crippen molar-refractivity contribution >= 4 is 28.8 Å². The monoisotopic (exact) mass is 332 g/mol. The Labute approximate surface area is 139 Å². The molecule has 2 rings (SSSR count). The third kappa shape index (κ3) is 4.91. The average Bonchev–Trinajstić information content (AvgIpc) is 3.05. The minimum atomic E-state index is -0.709. The Hall–Kier alpha value is -2.18. The molecule has 1 heterocycles. The molecule has 0 spiro atoms. The van der Waals surface area contributed by atoms with Crippen molar-refractivity contribution < 1.29 is 14.7 Å². The van der Waals surface area contributed by atoms with E-state index in [1.165, 1.54) is 11.3 Å². The highest BCUT2D eigenvalue weighted by Gasteiger charge is 2.15. The summed E-state index contributed by atoms with van der Waals surface area (Å²) in [5.74, 6) is -1.42. The number of hydrogen-bond acceptors (Lipinski definition) is 4. The van der Waals surface area contributed by atoms with Gasteiger partial charge in [0.15, 0.2) is 0 Å². The Balaban J connectivity index is 1.78. The lowest BCUT2D eigenvalue weighted by molar-refractivity contribution is -0.136. The van der Waals surface area contributed by atoms with E-state index < -0.39 is 17.9 Å². The largest absolute Gasteiger partial charge is 0.388 e. The van der Waals surface area contributed by atoms with Gasteiger partial charge in [0.1, 0.15) is 0 Å². The topological polar surface area (TPSA) is 78.4 Å². The fraction of sp³-hybridized carbons (Fsp3) is 0.294. The molecule has 1 aromatic carbocycles. The molecule has 0 fully saturated rings. The van der Waals surface area contributed by atoms with Gasteiger partial charge < -0.3 is 15.7 Å². The average molecular weight is 332 g/mol. The SMILES string of the molecule is Cc1ccc(NC(=O)C(=O)NCC[C@@H](O)c2cccs2)cc1C. The summed E-state index contributed by atoms with van der Waals surface area (Å²) in [4.78, 5) is 24.4. The number of carbonyl (C=O) groups excluding carboxylic acids is 2. The molecule has 0 saturated carbocycles. The van der Waals surface area contributed by atoms with Crippen LogP contribution >= 0.6 is 11.3 Å². The number of hydrogen-bond donors (Lipinski definition) is 3. The van der Waals surface area contributed by atoms with Crippen LogP contribution in [0.4, 0.5) is 5.69 Å². The number of nitrogens with one attached hydrogen (secondary N) is 2. The summed E-state index contributed by atoms with van der Waals surface area (Å²) in [6.07, 6.45) is -0.262. The number of carbonyl (C=O) groups is 2. The van der Waals surface area contributed by atoms with Crippen molar-refractivity contribution in [2.24, 2.45) is 0 Å². The van der Waals surface area contributed by atoms with E-state index in [2.05, 4.69) is 10.6 Å². The normalized spacial score (nSPS) is 11.8. The van der Waals surface area contributed by atoms with E-state index in [9.17, 15) is 14.7 Å². The molecule has 1 atom stereocenters. The van der Waals surface area contributed by atoms with Gasteiger partial charge in [0.25, 0.3) is 0 Å². The van der Waals surface area contributed by atoms with E-state index in [-0.39, 0.29) is 6.54 Å². The lowest BCUT2D eigenvalue weighted by Gasteiger charge is -2.10. The first-order chi connectivity index (χ1) is 11.0. The molecule has 6 heteroatoms.